The van der Waals surface area contributed by atoms with Gasteiger partial charge in [-0.15, -0.1) is 0 Å². The summed E-state index contributed by atoms with van der Waals surface area (Å²) in [5, 5.41) is 11.1. The van der Waals surface area contributed by atoms with Gasteiger partial charge in [0.2, 0.25) is 0 Å². The summed E-state index contributed by atoms with van der Waals surface area (Å²) in [5.74, 6) is 31.3. The van der Waals surface area contributed by atoms with E-state index in [1.807, 2.05) is 0 Å². The third kappa shape index (κ3) is 17.2. The van der Waals surface area contributed by atoms with Crippen LogP contribution < -0.4 is 5.32 Å². The van der Waals surface area contributed by atoms with Gasteiger partial charge in [0, 0.05) is 33.7 Å². The van der Waals surface area contributed by atoms with Crippen LogP contribution in [0, 0.1) is 82.9 Å². The normalized spacial score (nSPS) is 8.77. The molecule has 0 fully saturated rings. The Bertz CT molecular complexity index is 1180. The highest BCUT2D eigenvalue weighted by Gasteiger charge is 2.26. The highest BCUT2D eigenvalue weighted by Crippen LogP contribution is 2.10. The van der Waals surface area contributed by atoms with Crippen molar-refractivity contribution in [3.05, 3.63) is 0 Å². The maximum absolute atomic E-state index is 12.1. The van der Waals surface area contributed by atoms with E-state index in [-0.39, 0.29) is 34.2 Å². The Morgan fingerprint density at radius 1 is 0.871 bits per heavy atom. The minimum Gasteiger partial charge on any atom is -0.481 e. The van der Waals surface area contributed by atoms with E-state index in [2.05, 4.69) is 88.2 Å². The molecule has 0 aromatic rings. The molecule has 0 unspecified atom stereocenters. The number of carbonyl (C=O) groups excluding carboxylic acids is 2. The summed E-state index contributed by atoms with van der Waals surface area (Å²) in [4.78, 5) is 34.8. The van der Waals surface area contributed by atoms with Crippen LogP contribution in [0.5, 0.6) is 0 Å². The van der Waals surface area contributed by atoms with E-state index < -0.39 is 29.5 Å². The van der Waals surface area contributed by atoms with Gasteiger partial charge >= 0.3 is 11.9 Å². The predicted molar refractivity (Wildman–Crippen MR) is 146 cm³/mol. The van der Waals surface area contributed by atoms with Crippen LogP contribution in [0.25, 0.3) is 0 Å². The quantitative estimate of drug-likeness (QED) is 0.485. The molecule has 0 aromatic heterocycles. The third-order valence-corrected chi connectivity index (χ3v) is 2.63. The lowest BCUT2D eigenvalue weighted by molar-refractivity contribution is -0.158. The van der Waals surface area contributed by atoms with Crippen LogP contribution in [-0.2, 0) is 19.1 Å². The third-order valence-electron chi connectivity index (χ3n) is 2.63. The zero-order chi connectivity index (χ0) is 23.5. The number of esters is 1. The summed E-state index contributed by atoms with van der Waals surface area (Å²) in [6.07, 6.45) is -0.453. The van der Waals surface area contributed by atoms with Gasteiger partial charge in [-0.05, 0) is 105 Å². The lowest BCUT2D eigenvalue weighted by Crippen LogP contribution is -2.44. The Morgan fingerprint density at radius 3 is 1.74 bits per heavy atom. The van der Waals surface area contributed by atoms with Gasteiger partial charge < -0.3 is 15.2 Å². The molecular formula is C25H49NO5. The fourth-order valence-corrected chi connectivity index (χ4v) is 1.55. The van der Waals surface area contributed by atoms with Crippen molar-refractivity contribution in [2.75, 3.05) is 0 Å². The largest absolute Gasteiger partial charge is 0.481 e. The van der Waals surface area contributed by atoms with Crippen LogP contribution >= 0.6 is 0 Å². The average Bonchev–Trinajstić information content (AvgIpc) is 2.67. The molecule has 0 aliphatic carbocycles. The molecule has 1 atom stereocenters. The fraction of sp³-hybridized carbons (Fsp3) is 0.320. The van der Waals surface area contributed by atoms with Crippen molar-refractivity contribution in [2.45, 2.75) is 52.2 Å². The molecule has 0 bridgehead atoms. The minimum absolute atomic E-state index is 0. The topological polar surface area (TPSA) is 92.7 Å². The second-order valence-electron chi connectivity index (χ2n) is 6.37. The molecule has 0 spiro atoms. The molecule has 2 N–H and O–H groups in total. The van der Waals surface area contributed by atoms with Gasteiger partial charge in [-0.2, -0.15) is 0 Å². The molecule has 0 aliphatic rings. The number of amides is 1. The Morgan fingerprint density at radius 2 is 1.32 bits per heavy atom. The van der Waals surface area contributed by atoms with Crippen LogP contribution in [0.2, 0.25) is 0 Å². The first-order chi connectivity index (χ1) is 14.7. The van der Waals surface area contributed by atoms with Gasteiger partial charge in [-0.3, -0.25) is 9.59 Å². The molecule has 0 saturated carbocycles. The van der Waals surface area contributed by atoms with Gasteiger partial charge in [0.05, 0.1) is 0 Å². The van der Waals surface area contributed by atoms with Crippen molar-refractivity contribution in [1.82, 2.24) is 5.32 Å². The van der Waals surface area contributed by atoms with Crippen molar-refractivity contribution in [3.8, 4) is 82.9 Å². The molecule has 31 heavy (non-hydrogen) atoms. The molecule has 0 rings (SSSR count). The van der Waals surface area contributed by atoms with E-state index in [0.29, 0.717) is 0 Å². The van der Waals surface area contributed by atoms with Crippen molar-refractivity contribution >= 4 is 17.8 Å². The molecule has 0 aliphatic heterocycles. The van der Waals surface area contributed by atoms with Gasteiger partial charge in [-0.25, -0.2) is 4.79 Å². The summed E-state index contributed by atoms with van der Waals surface area (Å²) in [7, 11) is 0. The van der Waals surface area contributed by atoms with Crippen LogP contribution in [0.15, 0.2) is 0 Å². The summed E-state index contributed by atoms with van der Waals surface area (Å²) in [6.45, 7) is 6.64. The molecule has 0 saturated heterocycles. The standard InChI is InChI=1S/C25H19NO5.15H2/c1-5-6-7-8-9-10-11-12-13-14-15-16-17-18-22(27)26-21(19-20-23(28)29)24(30)31-25(2,3)4;;;;;;;;;;;;;;;/h21H,19-20H2,1-4H3,(H,26,27)(H,28,29);15*1H/t21-;;;;;;;;;;;;;;;/m0.............../s1. The van der Waals surface area contributed by atoms with Crippen molar-refractivity contribution in [2.24, 2.45) is 0 Å². The lowest BCUT2D eigenvalue weighted by Gasteiger charge is -2.23. The zero-order valence-electron chi connectivity index (χ0n) is 17.6. The Kier molecular flexibility index (Phi) is 13.0. The smallest absolute Gasteiger partial charge is 0.329 e. The van der Waals surface area contributed by atoms with Crippen LogP contribution in [0.4, 0.5) is 0 Å². The first kappa shape index (κ1) is 26.3. The number of hydrogen-bond acceptors (Lipinski definition) is 4. The average molecular weight is 444 g/mol. The highest BCUT2D eigenvalue weighted by atomic mass is 16.6. The number of aliphatic carboxylic acids is 1. The SMILES string of the molecule is CC#CC#CC#CC#CC#CC#CC#CC(=O)N[C@@H](CCC(=O)O)C(=O)OC(C)(C)C.[HH].[HH].[HH].[HH].[HH].[HH].[HH].[HH].[HH].[HH].[HH].[HH].[HH].[HH].[HH]. The molecule has 6 nitrogen and oxygen atoms in total. The van der Waals surface area contributed by atoms with Crippen molar-refractivity contribution < 1.29 is 45.6 Å². The minimum atomic E-state index is -1.14. The number of rotatable bonds is 5. The van der Waals surface area contributed by atoms with Crippen LogP contribution in [-0.4, -0.2) is 34.6 Å². The van der Waals surface area contributed by atoms with E-state index in [9.17, 15) is 14.4 Å². The predicted octanol–water partition coefficient (Wildman–Crippen LogP) is 4.41. The first-order valence-electron chi connectivity index (χ1n) is 8.83. The fourth-order valence-electron chi connectivity index (χ4n) is 1.55. The molecule has 0 aromatic carbocycles. The maximum Gasteiger partial charge on any atom is 0.329 e. The monoisotopic (exact) mass is 443 g/mol. The van der Waals surface area contributed by atoms with Gasteiger partial charge in [-0.1, -0.05) is 5.92 Å². The van der Waals surface area contributed by atoms with Crippen LogP contribution in [0.1, 0.15) is 61.9 Å². The Labute approximate surface area is 205 Å². The summed E-state index contributed by atoms with van der Waals surface area (Å²) in [5.41, 5.74) is -0.787. The van der Waals surface area contributed by atoms with E-state index in [1.165, 1.54) is 0 Å². The van der Waals surface area contributed by atoms with E-state index in [0.717, 1.165) is 0 Å². The molecule has 184 valence electrons. The maximum atomic E-state index is 12.1. The molecule has 6 heteroatoms. The van der Waals surface area contributed by atoms with E-state index >= 15 is 0 Å². The molecular weight excluding hydrogens is 394 g/mol. The molecule has 0 radical (unpaired) electrons. The van der Waals surface area contributed by atoms with Crippen LogP contribution in [0.3, 0.4) is 0 Å². The summed E-state index contributed by atoms with van der Waals surface area (Å²) < 4.78 is 5.18. The van der Waals surface area contributed by atoms with Gasteiger partial charge in [0.15, 0.2) is 0 Å². The first-order valence-corrected chi connectivity index (χ1v) is 8.83. The number of carbonyl (C=O) groups is 3. The van der Waals surface area contributed by atoms with Gasteiger partial charge in [0.25, 0.3) is 5.91 Å². The number of hydrogen-bond donors (Lipinski definition) is 2. The lowest BCUT2D eigenvalue weighted by atomic mass is 10.1. The van der Waals surface area contributed by atoms with E-state index in [4.69, 9.17) is 9.84 Å². The number of ether oxygens (including phenoxy) is 1. The van der Waals surface area contributed by atoms with Gasteiger partial charge in [0.1, 0.15) is 11.6 Å². The molecule has 0 heterocycles. The Hall–Kier alpha value is -4.67. The van der Waals surface area contributed by atoms with Crippen molar-refractivity contribution in [3.63, 3.8) is 0 Å². The number of nitrogens with one attached hydrogen (secondary N) is 1. The summed E-state index contributed by atoms with van der Waals surface area (Å²) >= 11 is 0. The van der Waals surface area contributed by atoms with Crippen molar-refractivity contribution in [1.29, 1.82) is 0 Å². The summed E-state index contributed by atoms with van der Waals surface area (Å²) in [6, 6.07) is -1.14. The Balaban J connectivity index is -0.0000000429. The zero-order valence-corrected chi connectivity index (χ0v) is 17.6. The number of carboxylic acids is 1. The number of carboxylic acid groups (broad SMARTS) is 1. The highest BCUT2D eigenvalue weighted by molar-refractivity contribution is 5.96. The van der Waals surface area contributed by atoms with E-state index in [1.54, 1.807) is 27.7 Å². The second-order valence-corrected chi connectivity index (χ2v) is 6.37. The molecule has 1 amide bonds. The second kappa shape index (κ2) is 15.3.